The molecule has 0 amide bonds. The van der Waals surface area contributed by atoms with Crippen molar-refractivity contribution in [1.29, 1.82) is 0 Å². The first-order chi connectivity index (χ1) is 32.1. The van der Waals surface area contributed by atoms with Crippen molar-refractivity contribution in [3.05, 3.63) is 215 Å². The number of nitrogens with zero attached hydrogens (tertiary/aromatic N) is 2. The molecule has 9 aromatic rings. The zero-order valence-electron chi connectivity index (χ0n) is 37.9. The minimum atomic E-state index is -1.08. The third kappa shape index (κ3) is 5.78. The van der Waals surface area contributed by atoms with E-state index in [-0.39, 0.29) is 10.8 Å². The van der Waals surface area contributed by atoms with Gasteiger partial charge in [0.25, 0.3) is 0 Å². The molecule has 320 valence electrons. The number of fused-ring (bicyclic) bond motifs is 11. The van der Waals surface area contributed by atoms with Gasteiger partial charge in [-0.2, -0.15) is 0 Å². The van der Waals surface area contributed by atoms with Crippen LogP contribution in [0.15, 0.2) is 176 Å². The van der Waals surface area contributed by atoms with Gasteiger partial charge in [-0.1, -0.05) is 173 Å². The maximum Gasteiger partial charge on any atom is 0.178 e. The second-order valence-corrected chi connectivity index (χ2v) is 18.8. The van der Waals surface area contributed by atoms with E-state index in [1.807, 2.05) is 12.1 Å². The summed E-state index contributed by atoms with van der Waals surface area (Å²) >= 11 is 0. The fourth-order valence-electron chi connectivity index (χ4n) is 11.2. The fourth-order valence-corrected chi connectivity index (χ4v) is 11.2. The Morgan fingerprint density at radius 3 is 1.70 bits per heavy atom. The summed E-state index contributed by atoms with van der Waals surface area (Å²) in [6.45, 7) is 9.33. The summed E-state index contributed by atoms with van der Waals surface area (Å²) in [5, 5.41) is 2.02. The molecule has 0 bridgehead atoms. The molecule has 0 spiro atoms. The van der Waals surface area contributed by atoms with E-state index >= 15 is 0 Å². The van der Waals surface area contributed by atoms with Gasteiger partial charge in [-0.15, -0.1) is 0 Å². The Balaban J connectivity index is 1.12. The quantitative estimate of drug-likeness (QED) is 0.160. The lowest BCUT2D eigenvalue weighted by Crippen LogP contribution is -2.35. The molecule has 1 unspecified atom stereocenters. The molecule has 66 heavy (non-hydrogen) atoms. The molecule has 2 heterocycles. The summed E-state index contributed by atoms with van der Waals surface area (Å²) in [7, 11) is 3.40. The molecule has 1 aromatic heterocycles. The monoisotopic (exact) mass is 856 g/mol. The van der Waals surface area contributed by atoms with Crippen LogP contribution >= 0.6 is 0 Å². The van der Waals surface area contributed by atoms with Crippen molar-refractivity contribution in [2.75, 3.05) is 14.2 Å². The maximum atomic E-state index is 7.95. The Morgan fingerprint density at radius 2 is 1.03 bits per heavy atom. The molecule has 0 N–H and O–H groups in total. The third-order valence-corrected chi connectivity index (χ3v) is 14.5. The Hall–Kier alpha value is -7.76. The van der Waals surface area contributed by atoms with Crippen LogP contribution in [0.1, 0.15) is 66.6 Å². The minimum absolute atomic E-state index is 0.228. The predicted molar refractivity (Wildman–Crippen MR) is 267 cm³/mol. The number of hydrogen-bond donors (Lipinski definition) is 0. The average molecular weight is 857 g/mol. The Labute approximate surface area is 386 Å². The summed E-state index contributed by atoms with van der Waals surface area (Å²) in [5.74, 6) is 2.76. The van der Waals surface area contributed by atoms with Crippen LogP contribution in [0.4, 0.5) is 0 Å². The van der Waals surface area contributed by atoms with E-state index in [0.717, 1.165) is 61.3 Å². The van der Waals surface area contributed by atoms with Crippen LogP contribution in [0, 0.1) is 0 Å². The molecule has 8 aromatic carbocycles. The summed E-state index contributed by atoms with van der Waals surface area (Å²) in [5.41, 5.74) is 16.2. The maximum absolute atomic E-state index is 7.95. The first kappa shape index (κ1) is 39.8. The van der Waals surface area contributed by atoms with Gasteiger partial charge in [-0.25, -0.2) is 9.97 Å². The van der Waals surface area contributed by atoms with Crippen molar-refractivity contribution < 1.29 is 14.2 Å². The number of aromatic nitrogens is 2. The first-order valence-electron chi connectivity index (χ1n) is 22.7. The van der Waals surface area contributed by atoms with Gasteiger partial charge in [0.1, 0.15) is 5.75 Å². The van der Waals surface area contributed by atoms with Gasteiger partial charge in [0, 0.05) is 49.6 Å². The highest BCUT2D eigenvalue weighted by molar-refractivity contribution is 6.09. The lowest BCUT2D eigenvalue weighted by atomic mass is 9.75. The van der Waals surface area contributed by atoms with E-state index in [9.17, 15) is 0 Å². The number of methoxy groups -OCH3 is 2. The number of ether oxygens (including phenoxy) is 3. The molecule has 12 rings (SSSR count). The SMILES string of the molecule is COc1cc2c3c(c4c(c2cc1OC)-c1ccccc1C4(C)C)C=CC(c1cccc(-c2nc(-c4ccccc4)cc(-c4ccccc4)n2)c1)(c1ccc2c(c1)C(C)(C)c1ccccc1-2)O3. The van der Waals surface area contributed by atoms with Crippen LogP contribution in [-0.4, -0.2) is 24.2 Å². The average Bonchev–Trinajstić information content (AvgIpc) is 3.75. The second kappa shape index (κ2) is 14.6. The van der Waals surface area contributed by atoms with Gasteiger partial charge in [0.2, 0.25) is 0 Å². The number of hydrogen-bond acceptors (Lipinski definition) is 5. The summed E-state index contributed by atoms with van der Waals surface area (Å²) < 4.78 is 20.0. The van der Waals surface area contributed by atoms with Crippen LogP contribution < -0.4 is 14.2 Å². The number of rotatable bonds is 7. The zero-order valence-corrected chi connectivity index (χ0v) is 37.9. The van der Waals surface area contributed by atoms with E-state index in [0.29, 0.717) is 17.3 Å². The molecule has 0 saturated carbocycles. The highest BCUT2D eigenvalue weighted by Crippen LogP contribution is 2.60. The second-order valence-electron chi connectivity index (χ2n) is 18.8. The van der Waals surface area contributed by atoms with E-state index in [4.69, 9.17) is 24.2 Å². The van der Waals surface area contributed by atoms with Gasteiger partial charge in [0.15, 0.2) is 22.9 Å². The molecule has 1 atom stereocenters. The molecular weight excluding hydrogens is 809 g/mol. The van der Waals surface area contributed by atoms with Crippen molar-refractivity contribution in [2.45, 2.75) is 44.1 Å². The van der Waals surface area contributed by atoms with Crippen molar-refractivity contribution in [1.82, 2.24) is 9.97 Å². The van der Waals surface area contributed by atoms with Crippen molar-refractivity contribution >= 4 is 16.8 Å². The minimum Gasteiger partial charge on any atom is -0.493 e. The van der Waals surface area contributed by atoms with Crippen LogP contribution in [0.2, 0.25) is 0 Å². The van der Waals surface area contributed by atoms with Crippen molar-refractivity contribution in [3.63, 3.8) is 0 Å². The summed E-state index contributed by atoms with van der Waals surface area (Å²) in [6, 6.07) is 60.1. The molecule has 2 aliphatic carbocycles. The van der Waals surface area contributed by atoms with E-state index in [1.165, 1.54) is 44.5 Å². The van der Waals surface area contributed by atoms with Crippen LogP contribution in [0.25, 0.3) is 73.0 Å². The third-order valence-electron chi connectivity index (χ3n) is 14.5. The van der Waals surface area contributed by atoms with E-state index in [2.05, 4.69) is 198 Å². The molecule has 5 heteroatoms. The van der Waals surface area contributed by atoms with E-state index in [1.54, 1.807) is 14.2 Å². The van der Waals surface area contributed by atoms with E-state index < -0.39 is 5.60 Å². The Kier molecular flexibility index (Phi) is 8.82. The normalized spacial score (nSPS) is 16.7. The zero-order chi connectivity index (χ0) is 45.0. The van der Waals surface area contributed by atoms with Crippen molar-refractivity contribution in [3.8, 4) is 73.4 Å². The van der Waals surface area contributed by atoms with Crippen LogP contribution in [-0.2, 0) is 16.4 Å². The molecule has 0 radical (unpaired) electrons. The fraction of sp³-hybridized carbons (Fsp3) is 0.148. The molecule has 5 nitrogen and oxygen atoms in total. The van der Waals surface area contributed by atoms with Crippen molar-refractivity contribution in [2.24, 2.45) is 0 Å². The Morgan fingerprint density at radius 1 is 0.470 bits per heavy atom. The predicted octanol–water partition coefficient (Wildman–Crippen LogP) is 14.6. The molecular formula is C61H48N2O3. The Bertz CT molecular complexity index is 3420. The van der Waals surface area contributed by atoms with Gasteiger partial charge in [-0.05, 0) is 86.3 Å². The summed E-state index contributed by atoms with van der Waals surface area (Å²) in [6.07, 6.45) is 4.61. The molecule has 0 saturated heterocycles. The highest BCUT2D eigenvalue weighted by Gasteiger charge is 2.46. The largest absolute Gasteiger partial charge is 0.493 e. The van der Waals surface area contributed by atoms with Gasteiger partial charge < -0.3 is 14.2 Å². The van der Waals surface area contributed by atoms with Crippen LogP contribution in [0.3, 0.4) is 0 Å². The standard InChI is InChI=1S/C61H48N2O3/c1-59(2)48-26-15-13-24-42(48)43-29-28-41(33-50(43)59)61(40-23-17-22-39(32-40)58-62-51(37-18-9-7-10-19-37)36-52(63-58)38-20-11-8-12-21-38)31-30-45-56-55(44-25-14-16-27-49(44)60(56,3)4)46-34-53(64-5)54(65-6)35-47(46)57(45)66-61/h7-36H,1-6H3. The molecule has 0 fully saturated rings. The van der Waals surface area contributed by atoms with Gasteiger partial charge in [0.05, 0.1) is 25.6 Å². The van der Waals surface area contributed by atoms with Crippen LogP contribution in [0.5, 0.6) is 17.2 Å². The topological polar surface area (TPSA) is 53.5 Å². The van der Waals surface area contributed by atoms with Gasteiger partial charge in [-0.3, -0.25) is 0 Å². The lowest BCUT2D eigenvalue weighted by Gasteiger charge is -2.39. The number of benzene rings is 8. The molecule has 3 aliphatic rings. The van der Waals surface area contributed by atoms with Gasteiger partial charge >= 0.3 is 0 Å². The first-order valence-corrected chi connectivity index (χ1v) is 22.7. The molecule has 1 aliphatic heterocycles. The smallest absolute Gasteiger partial charge is 0.178 e. The summed E-state index contributed by atoms with van der Waals surface area (Å²) in [4.78, 5) is 10.5. The lowest BCUT2D eigenvalue weighted by molar-refractivity contribution is 0.163. The highest BCUT2D eigenvalue weighted by atomic mass is 16.5.